The molecule has 3 rings (SSSR count). The number of hydrogen-bond donors (Lipinski definition) is 2. The third-order valence-corrected chi connectivity index (χ3v) is 3.49. The normalized spacial score (nSPS) is 12.0. The minimum atomic E-state index is -0.589. The summed E-state index contributed by atoms with van der Waals surface area (Å²) in [4.78, 5) is 16.5. The SMILES string of the molecule is N[C@H](Cc1ccccc1)C(=O)Nc1cnc2ccccc2c1. The first-order valence-electron chi connectivity index (χ1n) is 7.17. The highest BCUT2D eigenvalue weighted by molar-refractivity contribution is 5.96. The van der Waals surface area contributed by atoms with Crippen LogP contribution in [0.2, 0.25) is 0 Å². The summed E-state index contributed by atoms with van der Waals surface area (Å²) in [5.74, 6) is -0.207. The average Bonchev–Trinajstić information content (AvgIpc) is 2.55. The Bertz CT molecular complexity index is 786. The summed E-state index contributed by atoms with van der Waals surface area (Å²) in [5, 5.41) is 3.81. The predicted molar refractivity (Wildman–Crippen MR) is 88.5 cm³/mol. The van der Waals surface area contributed by atoms with E-state index < -0.39 is 6.04 Å². The fourth-order valence-corrected chi connectivity index (χ4v) is 2.34. The fourth-order valence-electron chi connectivity index (χ4n) is 2.34. The standard InChI is InChI=1S/C18H17N3O/c19-16(10-13-6-2-1-3-7-13)18(22)21-15-11-14-8-4-5-9-17(14)20-12-15/h1-9,11-12,16H,10,19H2,(H,21,22)/t16-/m1/s1. The predicted octanol–water partition coefficient (Wildman–Crippen LogP) is 2.74. The first-order chi connectivity index (χ1) is 10.7. The molecule has 1 aromatic heterocycles. The molecule has 3 N–H and O–H groups in total. The number of rotatable bonds is 4. The summed E-state index contributed by atoms with van der Waals surface area (Å²) in [5.41, 5.74) is 8.58. The second-order valence-corrected chi connectivity index (χ2v) is 5.20. The molecule has 4 nitrogen and oxygen atoms in total. The summed E-state index contributed by atoms with van der Waals surface area (Å²) >= 11 is 0. The van der Waals surface area contributed by atoms with Crippen LogP contribution in [0.4, 0.5) is 5.69 Å². The average molecular weight is 291 g/mol. The molecule has 110 valence electrons. The van der Waals surface area contributed by atoms with E-state index in [1.807, 2.05) is 60.7 Å². The number of nitrogens with two attached hydrogens (primary N) is 1. The van der Waals surface area contributed by atoms with Crippen molar-refractivity contribution in [2.24, 2.45) is 5.73 Å². The van der Waals surface area contributed by atoms with Crippen molar-refractivity contribution in [2.45, 2.75) is 12.5 Å². The number of amides is 1. The summed E-state index contributed by atoms with van der Waals surface area (Å²) in [6.45, 7) is 0. The van der Waals surface area contributed by atoms with Crippen LogP contribution >= 0.6 is 0 Å². The molecule has 3 aromatic rings. The maximum atomic E-state index is 12.2. The van der Waals surface area contributed by atoms with E-state index in [9.17, 15) is 4.79 Å². The van der Waals surface area contributed by atoms with Crippen molar-refractivity contribution < 1.29 is 4.79 Å². The molecule has 0 radical (unpaired) electrons. The molecule has 0 aliphatic rings. The number of para-hydroxylation sites is 1. The molecule has 22 heavy (non-hydrogen) atoms. The van der Waals surface area contributed by atoms with Gasteiger partial charge in [-0.2, -0.15) is 0 Å². The highest BCUT2D eigenvalue weighted by Gasteiger charge is 2.14. The lowest BCUT2D eigenvalue weighted by Gasteiger charge is -2.12. The van der Waals surface area contributed by atoms with E-state index in [-0.39, 0.29) is 5.91 Å². The molecule has 0 fully saturated rings. The Morgan fingerprint density at radius 2 is 1.82 bits per heavy atom. The van der Waals surface area contributed by atoms with Crippen LogP contribution < -0.4 is 11.1 Å². The Hall–Kier alpha value is -2.72. The Morgan fingerprint density at radius 1 is 1.09 bits per heavy atom. The molecule has 1 atom stereocenters. The summed E-state index contributed by atoms with van der Waals surface area (Å²) in [6, 6.07) is 18.8. The Balaban J connectivity index is 1.69. The number of nitrogens with one attached hydrogen (secondary N) is 1. The van der Waals surface area contributed by atoms with Gasteiger partial charge in [0.2, 0.25) is 5.91 Å². The quantitative estimate of drug-likeness (QED) is 0.776. The first-order valence-corrected chi connectivity index (χ1v) is 7.17. The second-order valence-electron chi connectivity index (χ2n) is 5.20. The van der Waals surface area contributed by atoms with Crippen LogP contribution in [0.15, 0.2) is 66.9 Å². The van der Waals surface area contributed by atoms with Crippen LogP contribution in [0.1, 0.15) is 5.56 Å². The maximum Gasteiger partial charge on any atom is 0.241 e. The van der Waals surface area contributed by atoms with Crippen molar-refractivity contribution >= 4 is 22.5 Å². The van der Waals surface area contributed by atoms with Crippen molar-refractivity contribution in [3.63, 3.8) is 0 Å². The lowest BCUT2D eigenvalue weighted by molar-refractivity contribution is -0.117. The Morgan fingerprint density at radius 3 is 2.64 bits per heavy atom. The van der Waals surface area contributed by atoms with Crippen LogP contribution in [0, 0.1) is 0 Å². The molecule has 0 bridgehead atoms. The lowest BCUT2D eigenvalue weighted by Crippen LogP contribution is -2.37. The number of nitrogens with zero attached hydrogens (tertiary/aromatic N) is 1. The van der Waals surface area contributed by atoms with Gasteiger partial charge in [0.25, 0.3) is 0 Å². The zero-order valence-electron chi connectivity index (χ0n) is 12.1. The van der Waals surface area contributed by atoms with Crippen LogP contribution in [0.25, 0.3) is 10.9 Å². The van der Waals surface area contributed by atoms with E-state index in [4.69, 9.17) is 5.73 Å². The number of pyridine rings is 1. The molecule has 4 heteroatoms. The van der Waals surface area contributed by atoms with Gasteiger partial charge in [-0.05, 0) is 24.1 Å². The summed E-state index contributed by atoms with van der Waals surface area (Å²) in [6.07, 6.45) is 2.16. The number of fused-ring (bicyclic) bond motifs is 1. The van der Waals surface area contributed by atoms with Crippen LogP contribution in [-0.2, 0) is 11.2 Å². The van der Waals surface area contributed by atoms with Gasteiger partial charge >= 0.3 is 0 Å². The van der Waals surface area contributed by atoms with Crippen molar-refractivity contribution in [1.82, 2.24) is 4.98 Å². The zero-order valence-corrected chi connectivity index (χ0v) is 12.1. The molecule has 1 heterocycles. The van der Waals surface area contributed by atoms with Crippen molar-refractivity contribution in [3.8, 4) is 0 Å². The topological polar surface area (TPSA) is 68.0 Å². The van der Waals surface area contributed by atoms with Gasteiger partial charge in [-0.25, -0.2) is 0 Å². The van der Waals surface area contributed by atoms with Crippen LogP contribution in [0.3, 0.4) is 0 Å². The van der Waals surface area contributed by atoms with Gasteiger partial charge in [-0.3, -0.25) is 9.78 Å². The second kappa shape index (κ2) is 6.37. The van der Waals surface area contributed by atoms with Gasteiger partial charge < -0.3 is 11.1 Å². The minimum Gasteiger partial charge on any atom is -0.323 e. The minimum absolute atomic E-state index is 0.207. The largest absolute Gasteiger partial charge is 0.323 e. The molecular weight excluding hydrogens is 274 g/mol. The maximum absolute atomic E-state index is 12.2. The van der Waals surface area contributed by atoms with Gasteiger partial charge in [-0.15, -0.1) is 0 Å². The Labute approximate surface area is 129 Å². The number of carbonyl (C=O) groups is 1. The van der Waals surface area contributed by atoms with Gasteiger partial charge in [-0.1, -0.05) is 48.5 Å². The van der Waals surface area contributed by atoms with E-state index in [1.54, 1.807) is 6.20 Å². The van der Waals surface area contributed by atoms with E-state index in [2.05, 4.69) is 10.3 Å². The lowest BCUT2D eigenvalue weighted by atomic mass is 10.1. The highest BCUT2D eigenvalue weighted by Crippen LogP contribution is 2.16. The first kappa shape index (κ1) is 14.2. The van der Waals surface area contributed by atoms with E-state index in [0.29, 0.717) is 12.1 Å². The molecule has 1 amide bonds. The molecule has 0 unspecified atom stereocenters. The number of hydrogen-bond acceptors (Lipinski definition) is 3. The number of anilines is 1. The van der Waals surface area contributed by atoms with E-state index >= 15 is 0 Å². The van der Waals surface area contributed by atoms with E-state index in [0.717, 1.165) is 16.5 Å². The number of aromatic nitrogens is 1. The molecule has 0 aliphatic carbocycles. The third-order valence-electron chi connectivity index (χ3n) is 3.49. The van der Waals surface area contributed by atoms with Crippen molar-refractivity contribution in [2.75, 3.05) is 5.32 Å². The van der Waals surface area contributed by atoms with Crippen molar-refractivity contribution in [1.29, 1.82) is 0 Å². The monoisotopic (exact) mass is 291 g/mol. The molecule has 0 saturated carbocycles. The van der Waals surface area contributed by atoms with E-state index in [1.165, 1.54) is 0 Å². The van der Waals surface area contributed by atoms with Gasteiger partial charge in [0.1, 0.15) is 0 Å². The summed E-state index contributed by atoms with van der Waals surface area (Å²) < 4.78 is 0. The van der Waals surface area contributed by atoms with Crippen molar-refractivity contribution in [3.05, 3.63) is 72.4 Å². The van der Waals surface area contributed by atoms with Gasteiger partial charge in [0.15, 0.2) is 0 Å². The van der Waals surface area contributed by atoms with Crippen LogP contribution in [0.5, 0.6) is 0 Å². The zero-order chi connectivity index (χ0) is 15.4. The van der Waals surface area contributed by atoms with Gasteiger partial charge in [0.05, 0.1) is 23.4 Å². The Kier molecular flexibility index (Phi) is 4.12. The highest BCUT2D eigenvalue weighted by atomic mass is 16.2. The smallest absolute Gasteiger partial charge is 0.241 e. The fraction of sp³-hybridized carbons (Fsp3) is 0.111. The third kappa shape index (κ3) is 3.30. The molecular formula is C18H17N3O. The molecule has 0 saturated heterocycles. The summed E-state index contributed by atoms with van der Waals surface area (Å²) in [7, 11) is 0. The number of benzene rings is 2. The molecule has 2 aromatic carbocycles. The van der Waals surface area contributed by atoms with Crippen LogP contribution in [-0.4, -0.2) is 16.9 Å². The molecule has 0 aliphatic heterocycles. The molecule has 0 spiro atoms. The van der Waals surface area contributed by atoms with Gasteiger partial charge in [0, 0.05) is 5.39 Å². The number of carbonyl (C=O) groups excluding carboxylic acids is 1.